The Balaban J connectivity index is 1.37. The third kappa shape index (κ3) is 5.15. The lowest BCUT2D eigenvalue weighted by molar-refractivity contribution is -0.153. The van der Waals surface area contributed by atoms with Crippen LogP contribution in [0.5, 0.6) is 5.75 Å². The van der Waals surface area contributed by atoms with Crippen molar-refractivity contribution in [1.29, 1.82) is 0 Å². The molecule has 3 N–H and O–H groups in total. The number of carbonyl (C=O) groups is 3. The summed E-state index contributed by atoms with van der Waals surface area (Å²) in [6.07, 6.45) is -0.0146. The number of aromatic hydroxyl groups is 1. The number of esters is 1. The number of aryl methyl sites for hydroxylation is 1. The van der Waals surface area contributed by atoms with Crippen LogP contribution in [0.25, 0.3) is 0 Å². The Kier molecular flexibility index (Phi) is 7.72. The smallest absolute Gasteiger partial charge is 0.356 e. The molecule has 0 radical (unpaired) electrons. The fourth-order valence-electron chi connectivity index (χ4n) is 4.75. The predicted octanol–water partition coefficient (Wildman–Crippen LogP) is 3.55. The summed E-state index contributed by atoms with van der Waals surface area (Å²) in [5.74, 6) is -1.67. The second-order valence-electron chi connectivity index (χ2n) is 9.28. The number of nitrogens with one attached hydrogen (secondary N) is 1. The number of phenols is 1. The standard InChI is InChI=1S/C30H28N2O6S/c1-2-18-13-14-22(23(34)15-18)27(35)31-24-28(36)32-25(21(16-33)17-39-29(24)32)30(37)38-26(19-9-5-3-6-10-19)20-11-7-4-8-12-20/h3-15,24,26,29,33-34H,2,16-17H2,1H3,(H,31,35)/t24?,29-/m1/s1. The molecule has 3 aromatic carbocycles. The van der Waals surface area contributed by atoms with Gasteiger partial charge in [0.2, 0.25) is 0 Å². The normalized spacial score (nSPS) is 18.4. The maximum absolute atomic E-state index is 13.6. The quantitative estimate of drug-likeness (QED) is 0.293. The molecule has 2 aliphatic rings. The largest absolute Gasteiger partial charge is 0.507 e. The van der Waals surface area contributed by atoms with E-state index in [1.807, 2.05) is 67.6 Å². The molecule has 0 bridgehead atoms. The first-order valence-corrected chi connectivity index (χ1v) is 13.7. The second-order valence-corrected chi connectivity index (χ2v) is 10.4. The summed E-state index contributed by atoms with van der Waals surface area (Å²) in [5.41, 5.74) is 2.86. The molecule has 2 amide bonds. The molecule has 200 valence electrons. The molecule has 1 unspecified atom stereocenters. The number of aliphatic hydroxyl groups is 1. The van der Waals surface area contributed by atoms with E-state index in [0.717, 1.165) is 16.7 Å². The number of ether oxygens (including phenoxy) is 1. The molecular weight excluding hydrogens is 516 g/mol. The first-order chi connectivity index (χ1) is 18.9. The number of β-lactam (4-membered cyclic amide) rings is 1. The van der Waals surface area contributed by atoms with Crippen LogP contribution in [-0.4, -0.2) is 56.7 Å². The van der Waals surface area contributed by atoms with E-state index in [1.165, 1.54) is 28.8 Å². The lowest BCUT2D eigenvalue weighted by atomic mass is 10.0. The van der Waals surface area contributed by atoms with Crippen molar-refractivity contribution in [3.05, 3.63) is 112 Å². The zero-order valence-electron chi connectivity index (χ0n) is 21.2. The highest BCUT2D eigenvalue weighted by Gasteiger charge is 2.54. The SMILES string of the molecule is CCc1ccc(C(=O)NC2C(=O)N3C(C(=O)OC(c4ccccc4)c4ccccc4)=C(CO)CS[C@H]23)c(O)c1. The van der Waals surface area contributed by atoms with Gasteiger partial charge in [-0.1, -0.05) is 73.7 Å². The Labute approximate surface area is 230 Å². The Bertz CT molecular complexity index is 1390. The molecule has 39 heavy (non-hydrogen) atoms. The molecule has 0 aromatic heterocycles. The maximum atomic E-state index is 13.6. The summed E-state index contributed by atoms with van der Waals surface area (Å²) in [6.45, 7) is 1.53. The molecule has 5 rings (SSSR count). The highest BCUT2D eigenvalue weighted by atomic mass is 32.2. The average molecular weight is 545 g/mol. The summed E-state index contributed by atoms with van der Waals surface area (Å²) < 4.78 is 5.99. The molecule has 1 fully saturated rings. The molecule has 1 saturated heterocycles. The van der Waals surface area contributed by atoms with Gasteiger partial charge in [0.1, 0.15) is 22.9 Å². The molecule has 2 aliphatic heterocycles. The number of fused-ring (bicyclic) bond motifs is 1. The van der Waals surface area contributed by atoms with E-state index in [9.17, 15) is 24.6 Å². The Morgan fingerprint density at radius 3 is 2.26 bits per heavy atom. The van der Waals surface area contributed by atoms with Crippen molar-refractivity contribution in [1.82, 2.24) is 10.2 Å². The van der Waals surface area contributed by atoms with E-state index in [0.29, 0.717) is 17.7 Å². The van der Waals surface area contributed by atoms with Gasteiger partial charge in [-0.15, -0.1) is 11.8 Å². The summed E-state index contributed by atoms with van der Waals surface area (Å²) >= 11 is 1.34. The van der Waals surface area contributed by atoms with E-state index in [1.54, 1.807) is 6.07 Å². The molecule has 3 aromatic rings. The zero-order valence-corrected chi connectivity index (χ0v) is 22.1. The number of rotatable bonds is 8. The van der Waals surface area contributed by atoms with Gasteiger partial charge in [0.05, 0.1) is 12.2 Å². The topological polar surface area (TPSA) is 116 Å². The molecular formula is C30H28N2O6S. The van der Waals surface area contributed by atoms with Crippen molar-refractivity contribution in [2.45, 2.75) is 30.9 Å². The number of carbonyl (C=O) groups excluding carboxylic acids is 3. The fraction of sp³-hybridized carbons (Fsp3) is 0.233. The monoisotopic (exact) mass is 544 g/mol. The Morgan fingerprint density at radius 2 is 1.69 bits per heavy atom. The molecule has 2 atom stereocenters. The molecule has 0 saturated carbocycles. The number of nitrogens with zero attached hydrogens (tertiary/aromatic N) is 1. The highest BCUT2D eigenvalue weighted by Crippen LogP contribution is 2.41. The number of phenolic OH excluding ortho intramolecular Hbond substituents is 1. The van der Waals surface area contributed by atoms with Crippen LogP contribution in [-0.2, 0) is 20.7 Å². The highest BCUT2D eigenvalue weighted by molar-refractivity contribution is 8.00. The van der Waals surface area contributed by atoms with Gasteiger partial charge < -0.3 is 20.3 Å². The van der Waals surface area contributed by atoms with Crippen molar-refractivity contribution >= 4 is 29.5 Å². The van der Waals surface area contributed by atoms with Gasteiger partial charge >= 0.3 is 5.97 Å². The van der Waals surface area contributed by atoms with Crippen LogP contribution in [0, 0.1) is 0 Å². The lowest BCUT2D eigenvalue weighted by Gasteiger charge is -2.49. The van der Waals surface area contributed by atoms with Crippen molar-refractivity contribution in [2.24, 2.45) is 0 Å². The van der Waals surface area contributed by atoms with Gasteiger partial charge in [0, 0.05) is 5.75 Å². The number of amides is 2. The van der Waals surface area contributed by atoms with E-state index >= 15 is 0 Å². The predicted molar refractivity (Wildman–Crippen MR) is 147 cm³/mol. The summed E-state index contributed by atoms with van der Waals surface area (Å²) in [5, 5.41) is 22.4. The maximum Gasteiger partial charge on any atom is 0.356 e. The number of thioether (sulfide) groups is 1. The summed E-state index contributed by atoms with van der Waals surface area (Å²) in [4.78, 5) is 41.0. The van der Waals surface area contributed by atoms with Crippen LogP contribution in [0.1, 0.15) is 40.1 Å². The van der Waals surface area contributed by atoms with Crippen LogP contribution in [0.3, 0.4) is 0 Å². The third-order valence-corrected chi connectivity index (χ3v) is 8.20. The minimum atomic E-state index is -0.894. The second kappa shape index (κ2) is 11.3. The van der Waals surface area contributed by atoms with Gasteiger partial charge in [-0.3, -0.25) is 14.5 Å². The van der Waals surface area contributed by atoms with E-state index in [4.69, 9.17) is 4.74 Å². The van der Waals surface area contributed by atoms with Crippen LogP contribution >= 0.6 is 11.8 Å². The molecule has 0 aliphatic carbocycles. The number of hydrogen-bond donors (Lipinski definition) is 3. The average Bonchev–Trinajstić information content (AvgIpc) is 2.98. The minimum Gasteiger partial charge on any atom is -0.507 e. The molecule has 9 heteroatoms. The van der Waals surface area contributed by atoms with E-state index < -0.39 is 41.9 Å². The third-order valence-electron chi connectivity index (χ3n) is 6.86. The van der Waals surface area contributed by atoms with Gasteiger partial charge in [-0.2, -0.15) is 0 Å². The van der Waals surface area contributed by atoms with Crippen molar-refractivity contribution in [3.8, 4) is 5.75 Å². The van der Waals surface area contributed by atoms with Gasteiger partial charge in [-0.05, 0) is 40.8 Å². The summed E-state index contributed by atoms with van der Waals surface area (Å²) in [7, 11) is 0. The fourth-order valence-corrected chi connectivity index (χ4v) is 6.08. The number of aliphatic hydroxyl groups excluding tert-OH is 1. The lowest BCUT2D eigenvalue weighted by Crippen LogP contribution is -2.70. The first kappa shape index (κ1) is 26.5. The minimum absolute atomic E-state index is 0.00348. The number of benzene rings is 3. The van der Waals surface area contributed by atoms with E-state index in [-0.39, 0.29) is 17.0 Å². The van der Waals surface area contributed by atoms with Gasteiger partial charge in [-0.25, -0.2) is 4.79 Å². The van der Waals surface area contributed by atoms with Gasteiger partial charge in [0.15, 0.2) is 6.10 Å². The molecule has 0 spiro atoms. The van der Waals surface area contributed by atoms with Crippen molar-refractivity contribution < 1.29 is 29.3 Å². The Morgan fingerprint density at radius 1 is 1.05 bits per heavy atom. The van der Waals surface area contributed by atoms with Crippen LogP contribution in [0.4, 0.5) is 0 Å². The number of hydrogen-bond acceptors (Lipinski definition) is 7. The van der Waals surface area contributed by atoms with E-state index in [2.05, 4.69) is 5.32 Å². The Hall–Kier alpha value is -4.08. The zero-order chi connectivity index (χ0) is 27.5. The van der Waals surface area contributed by atoms with Crippen LogP contribution in [0.2, 0.25) is 0 Å². The molecule has 8 nitrogen and oxygen atoms in total. The van der Waals surface area contributed by atoms with Crippen molar-refractivity contribution in [2.75, 3.05) is 12.4 Å². The van der Waals surface area contributed by atoms with Crippen molar-refractivity contribution in [3.63, 3.8) is 0 Å². The van der Waals surface area contributed by atoms with Gasteiger partial charge in [0.25, 0.3) is 11.8 Å². The summed E-state index contributed by atoms with van der Waals surface area (Å²) in [6, 6.07) is 22.5. The first-order valence-electron chi connectivity index (χ1n) is 12.6. The molecule has 2 heterocycles. The van der Waals surface area contributed by atoms with Crippen LogP contribution < -0.4 is 5.32 Å². The van der Waals surface area contributed by atoms with Crippen LogP contribution in [0.15, 0.2) is 90.1 Å².